The highest BCUT2D eigenvalue weighted by atomic mass is 19.4. The first-order valence-corrected chi connectivity index (χ1v) is 11.8. The number of anilines is 1. The fourth-order valence-corrected chi connectivity index (χ4v) is 5.03. The van der Waals surface area contributed by atoms with Gasteiger partial charge in [0.15, 0.2) is 5.82 Å². The molecule has 1 N–H and O–H groups in total. The maximum absolute atomic E-state index is 12.9. The van der Waals surface area contributed by atoms with Gasteiger partial charge in [0, 0.05) is 13.2 Å². The molecule has 0 saturated carbocycles. The third kappa shape index (κ3) is 4.86. The van der Waals surface area contributed by atoms with Gasteiger partial charge in [-0.25, -0.2) is 9.78 Å². The summed E-state index contributed by atoms with van der Waals surface area (Å²) in [5.41, 5.74) is -0.631. The zero-order chi connectivity index (χ0) is 24.8. The number of aromatic nitrogens is 4. The summed E-state index contributed by atoms with van der Waals surface area (Å²) in [5.74, 6) is 1.61. The molecule has 0 unspecified atom stereocenters. The Labute approximate surface area is 200 Å². The summed E-state index contributed by atoms with van der Waals surface area (Å²) < 4.78 is 52.6. The highest BCUT2D eigenvalue weighted by molar-refractivity contribution is 5.84. The lowest BCUT2D eigenvalue weighted by atomic mass is 9.94. The molecule has 2 fully saturated rings. The van der Waals surface area contributed by atoms with Crippen molar-refractivity contribution in [3.05, 3.63) is 46.1 Å². The number of nitrogens with zero attached hydrogens (tertiary/aromatic N) is 4. The average Bonchev–Trinajstić information content (AvgIpc) is 3.41. The zero-order valence-electron chi connectivity index (χ0n) is 19.7. The van der Waals surface area contributed by atoms with Gasteiger partial charge in [0.1, 0.15) is 28.3 Å². The van der Waals surface area contributed by atoms with Crippen LogP contribution in [0.1, 0.15) is 44.0 Å². The number of nitrogens with one attached hydrogen (secondary N) is 1. The Morgan fingerprint density at radius 3 is 2.69 bits per heavy atom. The standard InChI is InChI=1S/C24H28F3N5O3/c1-15-28-19-20(29-22(33)30-21(19)32(15)13-18-5-3-12-34-18)31-11-4-10-23(2,14-31)35-17-8-6-16(7-9-17)24(25,26)27/h6-9,18H,3-5,10-14H2,1-2H3,(H,29,30,33)/t18-,23-/m0/s1. The number of aryl methyl sites for hydroxylation is 1. The number of benzene rings is 1. The van der Waals surface area contributed by atoms with Crippen LogP contribution in [0.5, 0.6) is 5.75 Å². The normalized spacial score (nSPS) is 23.2. The minimum absolute atomic E-state index is 0.0848. The van der Waals surface area contributed by atoms with Crippen molar-refractivity contribution >= 4 is 17.0 Å². The quantitative estimate of drug-likeness (QED) is 0.579. The molecule has 8 nitrogen and oxygen atoms in total. The summed E-state index contributed by atoms with van der Waals surface area (Å²) in [7, 11) is 0. The minimum atomic E-state index is -4.40. The van der Waals surface area contributed by atoms with Gasteiger partial charge in [0.05, 0.1) is 24.8 Å². The Hall–Kier alpha value is -3.08. The lowest BCUT2D eigenvalue weighted by Crippen LogP contribution is -2.50. The highest BCUT2D eigenvalue weighted by Crippen LogP contribution is 2.34. The van der Waals surface area contributed by atoms with E-state index in [-0.39, 0.29) is 6.10 Å². The maximum Gasteiger partial charge on any atom is 0.416 e. The molecule has 2 aromatic heterocycles. The summed E-state index contributed by atoms with van der Waals surface area (Å²) in [5, 5.41) is 0. The Kier molecular flexibility index (Phi) is 5.98. The van der Waals surface area contributed by atoms with E-state index in [1.165, 1.54) is 12.1 Å². The summed E-state index contributed by atoms with van der Waals surface area (Å²) in [4.78, 5) is 26.3. The molecule has 188 valence electrons. The fourth-order valence-electron chi connectivity index (χ4n) is 5.03. The molecule has 2 aliphatic rings. The molecule has 0 radical (unpaired) electrons. The number of alkyl halides is 3. The molecule has 2 aliphatic heterocycles. The van der Waals surface area contributed by atoms with Crippen LogP contribution in [-0.4, -0.2) is 50.9 Å². The van der Waals surface area contributed by atoms with E-state index in [0.29, 0.717) is 48.8 Å². The lowest BCUT2D eigenvalue weighted by molar-refractivity contribution is -0.137. The number of imidazole rings is 1. The SMILES string of the molecule is Cc1nc2c(N3CCC[C@](C)(Oc4ccc(C(F)(F)F)cc4)C3)nc(=O)[nH]c2n1C[C@@H]1CCCO1. The highest BCUT2D eigenvalue weighted by Gasteiger charge is 2.36. The predicted octanol–water partition coefficient (Wildman–Crippen LogP) is 4.06. The van der Waals surface area contributed by atoms with Gasteiger partial charge in [-0.05, 0) is 63.8 Å². The summed E-state index contributed by atoms with van der Waals surface area (Å²) >= 11 is 0. The predicted molar refractivity (Wildman–Crippen MR) is 124 cm³/mol. The van der Waals surface area contributed by atoms with Crippen LogP contribution in [0, 0.1) is 6.92 Å². The van der Waals surface area contributed by atoms with Crippen molar-refractivity contribution in [1.82, 2.24) is 19.5 Å². The number of ether oxygens (including phenoxy) is 2. The van der Waals surface area contributed by atoms with E-state index in [0.717, 1.165) is 43.8 Å². The Bertz CT molecular complexity index is 1260. The van der Waals surface area contributed by atoms with Gasteiger partial charge in [0.25, 0.3) is 0 Å². The monoisotopic (exact) mass is 491 g/mol. The van der Waals surface area contributed by atoms with Crippen LogP contribution in [0.2, 0.25) is 0 Å². The van der Waals surface area contributed by atoms with E-state index in [1.54, 1.807) is 0 Å². The van der Waals surface area contributed by atoms with Crippen LogP contribution in [0.4, 0.5) is 19.0 Å². The van der Waals surface area contributed by atoms with Crippen molar-refractivity contribution in [1.29, 1.82) is 0 Å². The number of fused-ring (bicyclic) bond motifs is 1. The van der Waals surface area contributed by atoms with Crippen molar-refractivity contribution in [3.8, 4) is 5.75 Å². The first-order valence-electron chi connectivity index (χ1n) is 11.8. The topological polar surface area (TPSA) is 85.3 Å². The molecule has 35 heavy (non-hydrogen) atoms. The molecule has 5 rings (SSSR count). The molecule has 1 aromatic carbocycles. The van der Waals surface area contributed by atoms with Crippen LogP contribution in [-0.2, 0) is 17.5 Å². The largest absolute Gasteiger partial charge is 0.486 e. The third-order valence-corrected chi connectivity index (χ3v) is 6.72. The maximum atomic E-state index is 12.9. The fraction of sp³-hybridized carbons (Fsp3) is 0.542. The second-order valence-electron chi connectivity index (χ2n) is 9.57. The molecular formula is C24H28F3N5O3. The van der Waals surface area contributed by atoms with Gasteiger partial charge in [0.2, 0.25) is 0 Å². The molecule has 4 heterocycles. The van der Waals surface area contributed by atoms with Crippen molar-refractivity contribution in [2.75, 3.05) is 24.6 Å². The number of rotatable bonds is 5. The van der Waals surface area contributed by atoms with E-state index in [4.69, 9.17) is 14.5 Å². The zero-order valence-corrected chi connectivity index (χ0v) is 19.7. The molecule has 3 aromatic rings. The van der Waals surface area contributed by atoms with Crippen molar-refractivity contribution in [3.63, 3.8) is 0 Å². The summed E-state index contributed by atoms with van der Waals surface area (Å²) in [6.07, 6.45) is -0.849. The minimum Gasteiger partial charge on any atom is -0.486 e. The van der Waals surface area contributed by atoms with Crippen molar-refractivity contribution < 1.29 is 22.6 Å². The smallest absolute Gasteiger partial charge is 0.416 e. The number of hydrogen-bond donors (Lipinski definition) is 1. The molecule has 11 heteroatoms. The van der Waals surface area contributed by atoms with Gasteiger partial charge < -0.3 is 18.9 Å². The number of hydrogen-bond acceptors (Lipinski definition) is 6. The van der Waals surface area contributed by atoms with Crippen LogP contribution in [0.25, 0.3) is 11.2 Å². The molecule has 0 aliphatic carbocycles. The molecule has 2 atom stereocenters. The van der Waals surface area contributed by atoms with E-state index < -0.39 is 23.0 Å². The third-order valence-electron chi connectivity index (χ3n) is 6.72. The first kappa shape index (κ1) is 23.7. The van der Waals surface area contributed by atoms with Gasteiger partial charge in [-0.15, -0.1) is 0 Å². The summed E-state index contributed by atoms with van der Waals surface area (Å²) in [6, 6.07) is 4.72. The van der Waals surface area contributed by atoms with Gasteiger partial charge in [-0.1, -0.05) is 0 Å². The Balaban J connectivity index is 1.41. The van der Waals surface area contributed by atoms with Gasteiger partial charge in [-0.3, -0.25) is 4.98 Å². The number of H-pyrrole nitrogens is 1. The van der Waals surface area contributed by atoms with Crippen molar-refractivity contribution in [2.24, 2.45) is 0 Å². The van der Waals surface area contributed by atoms with Crippen LogP contribution >= 0.6 is 0 Å². The number of aromatic amines is 1. The van der Waals surface area contributed by atoms with E-state index in [2.05, 4.69) is 9.97 Å². The Morgan fingerprint density at radius 1 is 1.23 bits per heavy atom. The van der Waals surface area contributed by atoms with E-state index >= 15 is 0 Å². The first-order chi connectivity index (χ1) is 16.6. The van der Waals surface area contributed by atoms with E-state index in [9.17, 15) is 18.0 Å². The van der Waals surface area contributed by atoms with Crippen LogP contribution in [0.3, 0.4) is 0 Å². The number of piperidine rings is 1. The van der Waals surface area contributed by atoms with Crippen molar-refractivity contribution in [2.45, 2.75) is 64.0 Å². The summed E-state index contributed by atoms with van der Waals surface area (Å²) in [6.45, 7) is 6.24. The second-order valence-corrected chi connectivity index (χ2v) is 9.57. The molecule has 0 bridgehead atoms. The lowest BCUT2D eigenvalue weighted by Gasteiger charge is -2.41. The van der Waals surface area contributed by atoms with Gasteiger partial charge >= 0.3 is 11.9 Å². The van der Waals surface area contributed by atoms with Crippen LogP contribution in [0.15, 0.2) is 29.1 Å². The molecular weight excluding hydrogens is 463 g/mol. The Morgan fingerprint density at radius 2 is 2.00 bits per heavy atom. The second kappa shape index (κ2) is 8.85. The van der Waals surface area contributed by atoms with E-state index in [1.807, 2.05) is 23.3 Å². The average molecular weight is 492 g/mol. The van der Waals surface area contributed by atoms with Gasteiger partial charge in [-0.2, -0.15) is 18.2 Å². The number of halogens is 3. The molecule has 0 spiro atoms. The molecule has 0 amide bonds. The molecule has 2 saturated heterocycles. The van der Waals surface area contributed by atoms with Crippen LogP contribution < -0.4 is 15.3 Å².